The summed E-state index contributed by atoms with van der Waals surface area (Å²) in [6.07, 6.45) is 4.20. The van der Waals surface area contributed by atoms with Gasteiger partial charge in [-0.05, 0) is 41.7 Å². The Bertz CT molecular complexity index is 1270. The number of ether oxygens (including phenoxy) is 2. The Balaban J connectivity index is 1.38. The highest BCUT2D eigenvalue weighted by Gasteiger charge is 2.30. The number of hydrogen-bond acceptors (Lipinski definition) is 5. The highest BCUT2D eigenvalue weighted by Crippen LogP contribution is 2.42. The lowest BCUT2D eigenvalue weighted by atomic mass is 9.89. The van der Waals surface area contributed by atoms with Crippen molar-refractivity contribution in [3.8, 4) is 28.3 Å². The van der Waals surface area contributed by atoms with Gasteiger partial charge in [-0.1, -0.05) is 47.6 Å². The first kappa shape index (κ1) is 21.2. The van der Waals surface area contributed by atoms with E-state index in [-0.39, 0.29) is 0 Å². The molecule has 1 saturated heterocycles. The van der Waals surface area contributed by atoms with Gasteiger partial charge < -0.3 is 18.6 Å². The van der Waals surface area contributed by atoms with Gasteiger partial charge in [-0.3, -0.25) is 4.90 Å². The fourth-order valence-electron chi connectivity index (χ4n) is 5.19. The van der Waals surface area contributed by atoms with Crippen LogP contribution in [0.2, 0.25) is 0 Å². The second-order valence-corrected chi connectivity index (χ2v) is 9.04. The number of nitrogens with zero attached hydrogens (tertiary/aromatic N) is 3. The summed E-state index contributed by atoms with van der Waals surface area (Å²) in [5.74, 6) is 1.81. The molecule has 2 aliphatic rings. The molecule has 0 bridgehead atoms. The Morgan fingerprint density at radius 3 is 2.44 bits per heavy atom. The third-order valence-electron chi connectivity index (χ3n) is 6.96. The van der Waals surface area contributed by atoms with Gasteiger partial charge >= 0.3 is 0 Å². The molecule has 2 aromatic heterocycles. The van der Waals surface area contributed by atoms with E-state index in [2.05, 4.69) is 63.3 Å². The lowest BCUT2D eigenvalue weighted by molar-refractivity contribution is 0.0331. The Hall–Kier alpha value is -3.35. The van der Waals surface area contributed by atoms with E-state index >= 15 is 0 Å². The zero-order chi connectivity index (χ0) is 22.9. The number of morpholine rings is 1. The molecule has 0 N–H and O–H groups in total. The Labute approximate surface area is 199 Å². The lowest BCUT2D eigenvalue weighted by Crippen LogP contribution is -2.36. The van der Waals surface area contributed by atoms with Gasteiger partial charge in [0.1, 0.15) is 11.4 Å². The molecule has 1 fully saturated rings. The van der Waals surface area contributed by atoms with Crippen LogP contribution in [0, 0.1) is 0 Å². The smallest absolute Gasteiger partial charge is 0.172 e. The van der Waals surface area contributed by atoms with Crippen molar-refractivity contribution in [3.05, 3.63) is 83.2 Å². The predicted octanol–water partition coefficient (Wildman–Crippen LogP) is 4.80. The van der Waals surface area contributed by atoms with Crippen molar-refractivity contribution in [2.24, 2.45) is 0 Å². The molecule has 174 valence electrons. The van der Waals surface area contributed by atoms with Gasteiger partial charge in [-0.25, -0.2) is 0 Å². The van der Waals surface area contributed by atoms with Crippen molar-refractivity contribution in [3.63, 3.8) is 0 Å². The average molecular weight is 456 g/mol. The minimum Gasteiger partial charge on any atom is -0.497 e. The third-order valence-corrected chi connectivity index (χ3v) is 6.96. The first-order valence-electron chi connectivity index (χ1n) is 12.0. The van der Waals surface area contributed by atoms with E-state index in [9.17, 15) is 0 Å². The van der Waals surface area contributed by atoms with E-state index in [1.54, 1.807) is 7.11 Å². The quantitative estimate of drug-likeness (QED) is 0.418. The SMILES string of the molecule is COc1ccc(Cn2cc3c(c2-c2ccccc2)CCc2c(CN4CCOCC4)noc2-3)cc1. The van der Waals surface area contributed by atoms with Crippen LogP contribution in [0.15, 0.2) is 65.3 Å². The largest absolute Gasteiger partial charge is 0.497 e. The van der Waals surface area contributed by atoms with Crippen LogP contribution in [0.4, 0.5) is 0 Å². The van der Waals surface area contributed by atoms with Crippen molar-refractivity contribution < 1.29 is 14.0 Å². The molecule has 0 amide bonds. The maximum Gasteiger partial charge on any atom is 0.172 e. The molecule has 1 aliphatic carbocycles. The van der Waals surface area contributed by atoms with E-state index in [0.717, 1.165) is 69.4 Å². The van der Waals surface area contributed by atoms with E-state index in [4.69, 9.17) is 14.0 Å². The summed E-state index contributed by atoms with van der Waals surface area (Å²) in [4.78, 5) is 2.40. The second-order valence-electron chi connectivity index (χ2n) is 9.04. The highest BCUT2D eigenvalue weighted by atomic mass is 16.5. The van der Waals surface area contributed by atoms with Crippen LogP contribution in [0.1, 0.15) is 22.4 Å². The number of methoxy groups -OCH3 is 1. The molecule has 34 heavy (non-hydrogen) atoms. The van der Waals surface area contributed by atoms with Crippen molar-refractivity contribution in [2.45, 2.75) is 25.9 Å². The van der Waals surface area contributed by atoms with Gasteiger partial charge in [0.15, 0.2) is 5.76 Å². The number of benzene rings is 2. The summed E-state index contributed by atoms with van der Waals surface area (Å²) >= 11 is 0. The maximum absolute atomic E-state index is 6.00. The summed E-state index contributed by atoms with van der Waals surface area (Å²) in [7, 11) is 1.70. The molecule has 0 radical (unpaired) electrons. The third kappa shape index (κ3) is 3.93. The molecule has 6 rings (SSSR count). The fraction of sp³-hybridized carbons (Fsp3) is 0.321. The van der Waals surface area contributed by atoms with Gasteiger partial charge in [-0.15, -0.1) is 0 Å². The molecule has 1 aliphatic heterocycles. The number of hydrogen-bond donors (Lipinski definition) is 0. The zero-order valence-corrected chi connectivity index (χ0v) is 19.5. The predicted molar refractivity (Wildman–Crippen MR) is 131 cm³/mol. The second kappa shape index (κ2) is 9.12. The molecule has 0 unspecified atom stereocenters. The van der Waals surface area contributed by atoms with E-state index in [1.807, 2.05) is 12.1 Å². The van der Waals surface area contributed by atoms with Gasteiger partial charge in [0.2, 0.25) is 0 Å². The summed E-state index contributed by atoms with van der Waals surface area (Å²) in [6.45, 7) is 5.09. The van der Waals surface area contributed by atoms with Gasteiger partial charge in [-0.2, -0.15) is 0 Å². The molecule has 0 atom stereocenters. The van der Waals surface area contributed by atoms with Crippen LogP contribution in [0.5, 0.6) is 5.75 Å². The monoisotopic (exact) mass is 455 g/mol. The van der Waals surface area contributed by atoms with Crippen LogP contribution in [0.3, 0.4) is 0 Å². The standard InChI is InChI=1S/C28H29N3O3/c1-32-22-9-7-20(8-10-22)17-31-18-25-23(27(31)21-5-3-2-4-6-21)11-12-24-26(29-34-28(24)25)19-30-13-15-33-16-14-30/h2-10,18H,11-17,19H2,1H3. The van der Waals surface area contributed by atoms with Gasteiger partial charge in [0.25, 0.3) is 0 Å². The molecular formula is C28H29N3O3. The summed E-state index contributed by atoms with van der Waals surface area (Å²) < 4.78 is 19.2. The molecular weight excluding hydrogens is 426 g/mol. The summed E-state index contributed by atoms with van der Waals surface area (Å²) in [5.41, 5.74) is 8.59. The maximum atomic E-state index is 6.00. The van der Waals surface area contributed by atoms with Crippen molar-refractivity contribution in [2.75, 3.05) is 33.4 Å². The first-order chi connectivity index (χ1) is 16.8. The lowest BCUT2D eigenvalue weighted by Gasteiger charge is -2.26. The molecule has 6 heteroatoms. The van der Waals surface area contributed by atoms with Crippen LogP contribution < -0.4 is 4.74 Å². The van der Waals surface area contributed by atoms with Crippen molar-refractivity contribution in [1.82, 2.24) is 14.6 Å². The van der Waals surface area contributed by atoms with Crippen LogP contribution in [-0.4, -0.2) is 48.0 Å². The van der Waals surface area contributed by atoms with E-state index < -0.39 is 0 Å². The number of rotatable bonds is 6. The number of aromatic nitrogens is 2. The van der Waals surface area contributed by atoms with Crippen molar-refractivity contribution >= 4 is 0 Å². The molecule has 0 saturated carbocycles. The molecule has 3 heterocycles. The minimum atomic E-state index is 0.783. The van der Waals surface area contributed by atoms with E-state index in [0.29, 0.717) is 0 Å². The van der Waals surface area contributed by atoms with Gasteiger partial charge in [0.05, 0.1) is 26.0 Å². The zero-order valence-electron chi connectivity index (χ0n) is 19.5. The first-order valence-corrected chi connectivity index (χ1v) is 12.0. The van der Waals surface area contributed by atoms with Crippen LogP contribution in [-0.2, 0) is 30.7 Å². The molecule has 0 spiro atoms. The number of fused-ring (bicyclic) bond motifs is 3. The minimum absolute atomic E-state index is 0.783. The molecule has 2 aromatic carbocycles. The van der Waals surface area contributed by atoms with E-state index in [1.165, 1.54) is 33.5 Å². The topological polar surface area (TPSA) is 52.7 Å². The highest BCUT2D eigenvalue weighted by molar-refractivity contribution is 5.79. The van der Waals surface area contributed by atoms with Gasteiger partial charge in [0, 0.05) is 43.5 Å². The molecule has 4 aromatic rings. The fourth-order valence-corrected chi connectivity index (χ4v) is 5.19. The Kier molecular flexibility index (Phi) is 5.69. The average Bonchev–Trinajstić information content (AvgIpc) is 3.46. The van der Waals surface area contributed by atoms with Crippen LogP contribution in [0.25, 0.3) is 22.6 Å². The van der Waals surface area contributed by atoms with Crippen LogP contribution >= 0.6 is 0 Å². The summed E-state index contributed by atoms with van der Waals surface area (Å²) in [6, 6.07) is 19.0. The Morgan fingerprint density at radius 1 is 0.912 bits per heavy atom. The normalized spacial score (nSPS) is 15.7. The van der Waals surface area contributed by atoms with Crippen molar-refractivity contribution in [1.29, 1.82) is 0 Å². The Morgan fingerprint density at radius 2 is 1.68 bits per heavy atom. The summed E-state index contributed by atoms with van der Waals surface area (Å²) in [5, 5.41) is 4.52. The molecule has 6 nitrogen and oxygen atoms in total.